The van der Waals surface area contributed by atoms with Crippen LogP contribution in [0.2, 0.25) is 0 Å². The number of carbonyl (C=O) groups is 1. The van der Waals surface area contributed by atoms with E-state index in [4.69, 9.17) is 0 Å². The number of nitro groups is 1. The molecule has 0 aliphatic carbocycles. The molecule has 0 fully saturated rings. The molecule has 0 bridgehead atoms. The number of aromatic nitrogens is 5. The number of para-hydroxylation sites is 1. The van der Waals surface area contributed by atoms with E-state index in [-0.39, 0.29) is 23.8 Å². The highest BCUT2D eigenvalue weighted by atomic mass is 16.6. The van der Waals surface area contributed by atoms with E-state index in [0.29, 0.717) is 11.4 Å². The molecular formula is C20H17N7O3. The first-order valence-corrected chi connectivity index (χ1v) is 9.08. The summed E-state index contributed by atoms with van der Waals surface area (Å²) in [5.74, 6) is -0.389. The van der Waals surface area contributed by atoms with Crippen LogP contribution in [0.25, 0.3) is 11.4 Å². The van der Waals surface area contributed by atoms with Crippen molar-refractivity contribution in [3.05, 3.63) is 94.1 Å². The maximum absolute atomic E-state index is 12.7. The Bertz CT molecular complexity index is 1210. The molecule has 1 amide bonds. The summed E-state index contributed by atoms with van der Waals surface area (Å²) in [6, 6.07) is 15.4. The lowest BCUT2D eigenvalue weighted by Gasteiger charge is -2.10. The highest BCUT2D eigenvalue weighted by molar-refractivity contribution is 5.93. The van der Waals surface area contributed by atoms with Gasteiger partial charge < -0.3 is 5.32 Å². The minimum absolute atomic E-state index is 0.0661. The molecule has 0 spiro atoms. The predicted octanol–water partition coefficient (Wildman–Crippen LogP) is 2.60. The van der Waals surface area contributed by atoms with Crippen LogP contribution in [-0.4, -0.2) is 35.6 Å². The van der Waals surface area contributed by atoms with E-state index in [9.17, 15) is 14.9 Å². The molecule has 10 nitrogen and oxygen atoms in total. The highest BCUT2D eigenvalue weighted by Gasteiger charge is 2.19. The summed E-state index contributed by atoms with van der Waals surface area (Å²) in [6.45, 7) is 1.96. The largest absolute Gasteiger partial charge is 0.346 e. The van der Waals surface area contributed by atoms with Crippen molar-refractivity contribution in [1.82, 2.24) is 30.1 Å². The zero-order chi connectivity index (χ0) is 21.1. The summed E-state index contributed by atoms with van der Waals surface area (Å²) in [5, 5.41) is 26.0. The van der Waals surface area contributed by atoms with Gasteiger partial charge in [0.25, 0.3) is 11.6 Å². The molecule has 2 aromatic heterocycles. The maximum Gasteiger partial charge on any atom is 0.274 e. The van der Waals surface area contributed by atoms with Crippen molar-refractivity contribution in [2.45, 2.75) is 13.5 Å². The lowest BCUT2D eigenvalue weighted by atomic mass is 10.1. The van der Waals surface area contributed by atoms with Gasteiger partial charge in [-0.1, -0.05) is 29.5 Å². The number of non-ortho nitro benzene ring substituents is 1. The molecule has 4 aromatic rings. The first-order valence-electron chi connectivity index (χ1n) is 9.08. The molecule has 2 heterocycles. The summed E-state index contributed by atoms with van der Waals surface area (Å²) in [5.41, 5.74) is 2.77. The second-order valence-corrected chi connectivity index (χ2v) is 6.47. The van der Waals surface area contributed by atoms with Gasteiger partial charge in [0.2, 0.25) is 0 Å². The third-order valence-corrected chi connectivity index (χ3v) is 4.58. The monoisotopic (exact) mass is 403 g/mol. The molecule has 0 unspecified atom stereocenters. The fourth-order valence-corrected chi connectivity index (χ4v) is 3.08. The Morgan fingerprint density at radius 3 is 2.77 bits per heavy atom. The van der Waals surface area contributed by atoms with Crippen molar-refractivity contribution in [2.24, 2.45) is 0 Å². The number of carbonyl (C=O) groups excluding carboxylic acids is 1. The fraction of sp³-hybridized carbons (Fsp3) is 0.100. The van der Waals surface area contributed by atoms with Gasteiger partial charge in [-0.25, -0.2) is 9.36 Å². The van der Waals surface area contributed by atoms with E-state index in [1.54, 1.807) is 29.9 Å². The Labute approximate surface area is 170 Å². The molecule has 0 saturated heterocycles. The van der Waals surface area contributed by atoms with Crippen molar-refractivity contribution in [1.29, 1.82) is 0 Å². The topological polar surface area (TPSA) is 121 Å². The number of nitro benzene ring substituents is 1. The van der Waals surface area contributed by atoms with Gasteiger partial charge in [-0.2, -0.15) is 5.10 Å². The van der Waals surface area contributed by atoms with Crippen LogP contribution in [0.1, 0.15) is 21.7 Å². The number of rotatable bonds is 6. The van der Waals surface area contributed by atoms with Crippen LogP contribution in [-0.2, 0) is 6.54 Å². The normalized spacial score (nSPS) is 10.7. The lowest BCUT2D eigenvalue weighted by Crippen LogP contribution is -2.24. The molecule has 1 N–H and O–H groups in total. The Kier molecular flexibility index (Phi) is 5.04. The lowest BCUT2D eigenvalue weighted by molar-refractivity contribution is -0.384. The number of benzene rings is 2. The second-order valence-electron chi connectivity index (χ2n) is 6.47. The zero-order valence-electron chi connectivity index (χ0n) is 16.0. The molecule has 0 radical (unpaired) electrons. The molecule has 4 rings (SSSR count). The molecule has 0 saturated carbocycles. The number of nitrogens with zero attached hydrogens (tertiary/aromatic N) is 6. The van der Waals surface area contributed by atoms with Crippen LogP contribution in [0.15, 0.2) is 67.0 Å². The fourth-order valence-electron chi connectivity index (χ4n) is 3.08. The third-order valence-electron chi connectivity index (χ3n) is 4.58. The van der Waals surface area contributed by atoms with Gasteiger partial charge in [-0.05, 0) is 30.7 Å². The average Bonchev–Trinajstić information content (AvgIpc) is 3.42. The standard InChI is InChI=1S/C20H17N7O3/c1-14-19(23-24-26(14)16-7-4-8-17(12-16)27(29)30)20(28)21-13-15-6-2-3-9-18(15)25-11-5-10-22-25/h2-12H,13H2,1H3,(H,21,28). The highest BCUT2D eigenvalue weighted by Crippen LogP contribution is 2.19. The average molecular weight is 403 g/mol. The first-order chi connectivity index (χ1) is 14.5. The summed E-state index contributed by atoms with van der Waals surface area (Å²) in [4.78, 5) is 23.2. The predicted molar refractivity (Wildman–Crippen MR) is 107 cm³/mol. The van der Waals surface area contributed by atoms with Gasteiger partial charge in [0.1, 0.15) is 0 Å². The van der Waals surface area contributed by atoms with E-state index in [1.165, 1.54) is 16.8 Å². The summed E-state index contributed by atoms with van der Waals surface area (Å²) >= 11 is 0. The van der Waals surface area contributed by atoms with Crippen LogP contribution in [0, 0.1) is 17.0 Å². The van der Waals surface area contributed by atoms with E-state index in [2.05, 4.69) is 20.7 Å². The van der Waals surface area contributed by atoms with E-state index in [1.807, 2.05) is 36.5 Å². The molecule has 0 aliphatic rings. The summed E-state index contributed by atoms with van der Waals surface area (Å²) in [6.07, 6.45) is 3.51. The molecular weight excluding hydrogens is 386 g/mol. The Hall–Kier alpha value is -4.34. The van der Waals surface area contributed by atoms with Crippen molar-refractivity contribution >= 4 is 11.6 Å². The second kappa shape index (κ2) is 7.95. The first kappa shape index (κ1) is 19.0. The van der Waals surface area contributed by atoms with Gasteiger partial charge >= 0.3 is 0 Å². The molecule has 10 heteroatoms. The van der Waals surface area contributed by atoms with Crippen LogP contribution < -0.4 is 5.32 Å². The van der Waals surface area contributed by atoms with Crippen LogP contribution in [0.4, 0.5) is 5.69 Å². The van der Waals surface area contributed by atoms with Crippen molar-refractivity contribution in [2.75, 3.05) is 0 Å². The molecule has 0 atom stereocenters. The van der Waals surface area contributed by atoms with E-state index in [0.717, 1.165) is 11.3 Å². The molecule has 30 heavy (non-hydrogen) atoms. The SMILES string of the molecule is Cc1c(C(=O)NCc2ccccc2-n2cccn2)nnn1-c1cccc([N+](=O)[O-])c1. The number of hydrogen-bond donors (Lipinski definition) is 1. The minimum atomic E-state index is -0.486. The van der Waals surface area contributed by atoms with E-state index >= 15 is 0 Å². The van der Waals surface area contributed by atoms with Gasteiger partial charge in [0.15, 0.2) is 5.69 Å². The van der Waals surface area contributed by atoms with Crippen LogP contribution in [0.5, 0.6) is 0 Å². The van der Waals surface area contributed by atoms with Crippen molar-refractivity contribution in [3.8, 4) is 11.4 Å². The summed E-state index contributed by atoms with van der Waals surface area (Å²) in [7, 11) is 0. The Morgan fingerprint density at radius 1 is 1.17 bits per heavy atom. The molecule has 0 aliphatic heterocycles. The zero-order valence-corrected chi connectivity index (χ0v) is 16.0. The van der Waals surface area contributed by atoms with Gasteiger partial charge in [0, 0.05) is 31.1 Å². The Balaban J connectivity index is 1.54. The third kappa shape index (κ3) is 3.65. The number of amides is 1. The number of hydrogen-bond acceptors (Lipinski definition) is 6. The number of nitrogens with one attached hydrogen (secondary N) is 1. The van der Waals surface area contributed by atoms with Crippen molar-refractivity contribution < 1.29 is 9.72 Å². The quantitative estimate of drug-likeness (QED) is 0.390. The maximum atomic E-state index is 12.7. The van der Waals surface area contributed by atoms with Crippen LogP contribution in [0.3, 0.4) is 0 Å². The minimum Gasteiger partial charge on any atom is -0.346 e. The molecule has 150 valence electrons. The smallest absolute Gasteiger partial charge is 0.274 e. The van der Waals surface area contributed by atoms with Crippen LogP contribution >= 0.6 is 0 Å². The van der Waals surface area contributed by atoms with Crippen molar-refractivity contribution in [3.63, 3.8) is 0 Å². The summed E-state index contributed by atoms with van der Waals surface area (Å²) < 4.78 is 3.13. The van der Waals surface area contributed by atoms with Gasteiger partial charge in [-0.15, -0.1) is 5.10 Å². The van der Waals surface area contributed by atoms with Gasteiger partial charge in [0.05, 0.1) is 22.0 Å². The molecule has 2 aromatic carbocycles. The van der Waals surface area contributed by atoms with E-state index < -0.39 is 4.92 Å². The van der Waals surface area contributed by atoms with Gasteiger partial charge in [-0.3, -0.25) is 14.9 Å². The Morgan fingerprint density at radius 2 is 2.00 bits per heavy atom.